The molecule has 1 aromatic carbocycles. The normalized spacial score (nSPS) is 22.2. The molecular formula is C27H23F5N6O. The van der Waals surface area contributed by atoms with Crippen LogP contribution in [0.3, 0.4) is 0 Å². The van der Waals surface area contributed by atoms with Crippen LogP contribution >= 0.6 is 0 Å². The minimum Gasteiger partial charge on any atom is -0.382 e. The molecule has 3 atom stereocenters. The predicted molar refractivity (Wildman–Crippen MR) is 129 cm³/mol. The zero-order chi connectivity index (χ0) is 27.7. The molecule has 6 rings (SSSR count). The van der Waals surface area contributed by atoms with Gasteiger partial charge >= 0.3 is 6.18 Å². The summed E-state index contributed by atoms with van der Waals surface area (Å²) in [5.74, 6) is -1.40. The van der Waals surface area contributed by atoms with Crippen LogP contribution in [-0.2, 0) is 12.0 Å². The summed E-state index contributed by atoms with van der Waals surface area (Å²) in [5.41, 5.74) is 1.83. The van der Waals surface area contributed by atoms with Gasteiger partial charge in [-0.05, 0) is 47.9 Å². The minimum absolute atomic E-state index is 0.0358. The largest absolute Gasteiger partial charge is 0.416 e. The lowest BCUT2D eigenvalue weighted by atomic mass is 9.66. The van der Waals surface area contributed by atoms with Gasteiger partial charge in [0.1, 0.15) is 11.6 Å². The van der Waals surface area contributed by atoms with Crippen LogP contribution in [0.2, 0.25) is 0 Å². The van der Waals surface area contributed by atoms with Crippen molar-refractivity contribution in [3.05, 3.63) is 77.6 Å². The van der Waals surface area contributed by atoms with Gasteiger partial charge in [0.15, 0.2) is 6.10 Å². The van der Waals surface area contributed by atoms with Crippen molar-refractivity contribution in [3.8, 4) is 22.5 Å². The van der Waals surface area contributed by atoms with Gasteiger partial charge in [-0.25, -0.2) is 13.8 Å². The van der Waals surface area contributed by atoms with Crippen LogP contribution < -0.4 is 0 Å². The Morgan fingerprint density at radius 2 is 1.82 bits per heavy atom. The number of rotatable bonds is 5. The fraction of sp³-hybridized carbons (Fsp3) is 0.370. The van der Waals surface area contributed by atoms with Crippen molar-refractivity contribution in [1.29, 1.82) is 0 Å². The second-order valence-electron chi connectivity index (χ2n) is 10.6. The maximum absolute atomic E-state index is 14.5. The predicted octanol–water partition coefficient (Wildman–Crippen LogP) is 5.20. The van der Waals surface area contributed by atoms with Gasteiger partial charge in [0, 0.05) is 18.0 Å². The topological polar surface area (TPSA) is 89.6 Å². The molecule has 0 aliphatic heterocycles. The Bertz CT molecular complexity index is 1560. The number of aliphatic hydroxyl groups is 1. The Kier molecular flexibility index (Phi) is 5.62. The first kappa shape index (κ1) is 25.5. The van der Waals surface area contributed by atoms with E-state index in [0.717, 1.165) is 16.7 Å². The lowest BCUT2D eigenvalue weighted by Gasteiger charge is -2.37. The van der Waals surface area contributed by atoms with Gasteiger partial charge in [0.25, 0.3) is 0 Å². The second kappa shape index (κ2) is 8.60. The highest BCUT2D eigenvalue weighted by atomic mass is 19.4. The van der Waals surface area contributed by atoms with E-state index in [4.69, 9.17) is 4.98 Å². The lowest BCUT2D eigenvalue weighted by Crippen LogP contribution is -2.38. The molecule has 0 unspecified atom stereocenters. The quantitative estimate of drug-likeness (QED) is 0.349. The highest BCUT2D eigenvalue weighted by Crippen LogP contribution is 2.69. The smallest absolute Gasteiger partial charge is 0.382 e. The molecular weight excluding hydrogens is 519 g/mol. The fourth-order valence-electron chi connectivity index (χ4n) is 6.34. The number of nitrogens with zero attached hydrogens (tertiary/aromatic N) is 6. The number of fused-ring (bicyclic) bond motifs is 5. The molecule has 3 heterocycles. The van der Waals surface area contributed by atoms with Gasteiger partial charge in [0.05, 0.1) is 52.7 Å². The Morgan fingerprint density at radius 1 is 1.08 bits per heavy atom. The van der Waals surface area contributed by atoms with E-state index in [1.807, 2.05) is 0 Å². The van der Waals surface area contributed by atoms with E-state index in [2.05, 4.69) is 34.1 Å². The molecule has 0 radical (unpaired) electrons. The lowest BCUT2D eigenvalue weighted by molar-refractivity contribution is -0.208. The first-order chi connectivity index (χ1) is 18.4. The van der Waals surface area contributed by atoms with Crippen LogP contribution in [-0.4, -0.2) is 47.3 Å². The van der Waals surface area contributed by atoms with Gasteiger partial charge in [-0.2, -0.15) is 23.4 Å². The Hall–Kier alpha value is -3.80. The van der Waals surface area contributed by atoms with Crippen molar-refractivity contribution in [2.45, 2.75) is 56.8 Å². The number of aliphatic hydroxyl groups excluding tert-OH is 1. The van der Waals surface area contributed by atoms with Crippen LogP contribution in [0.15, 0.2) is 49.1 Å². The average molecular weight is 543 g/mol. The maximum atomic E-state index is 14.5. The van der Waals surface area contributed by atoms with E-state index in [1.165, 1.54) is 36.8 Å². The molecule has 3 aromatic heterocycles. The Morgan fingerprint density at radius 3 is 2.54 bits per heavy atom. The fourth-order valence-corrected chi connectivity index (χ4v) is 6.34. The summed E-state index contributed by atoms with van der Waals surface area (Å²) in [6, 6.07) is 5.36. The highest BCUT2D eigenvalue weighted by Gasteiger charge is 2.65. The van der Waals surface area contributed by atoms with Crippen LogP contribution in [0.1, 0.15) is 49.6 Å². The SMILES string of the molecule is CC1(C)[C@H]2CC[C@]1(c1cncc(-c3cnn(C[C@H](O)C(F)(F)F)c3)n1)c1nnc(-c3c(F)cccc3F)cc12. The van der Waals surface area contributed by atoms with E-state index in [-0.39, 0.29) is 22.6 Å². The van der Waals surface area contributed by atoms with E-state index in [0.29, 0.717) is 29.1 Å². The van der Waals surface area contributed by atoms with Gasteiger partial charge < -0.3 is 5.11 Å². The third kappa shape index (κ3) is 3.75. The standard InChI is InChI=1S/C27H23F5N6O/c1-25(2)16-6-7-26(25,24-15(16)8-19(36-37-24)23-17(28)4-3-5-18(23)29)21-11-33-10-20(35-21)14-9-34-38(12-14)13-22(39)27(30,31)32/h3-5,8-12,16,22,39H,6-7,13H2,1-2H3/t16-,22-,26-/m0/s1. The van der Waals surface area contributed by atoms with E-state index < -0.39 is 35.9 Å². The molecule has 4 aromatic rings. The summed E-state index contributed by atoms with van der Waals surface area (Å²) >= 11 is 0. The van der Waals surface area contributed by atoms with Crippen LogP contribution in [0, 0.1) is 17.0 Å². The van der Waals surface area contributed by atoms with Gasteiger partial charge in [-0.3, -0.25) is 9.67 Å². The van der Waals surface area contributed by atoms with Crippen molar-refractivity contribution < 1.29 is 27.1 Å². The van der Waals surface area contributed by atoms with Gasteiger partial charge in [0.2, 0.25) is 0 Å². The van der Waals surface area contributed by atoms with Gasteiger partial charge in [-0.15, -0.1) is 5.10 Å². The molecule has 2 aliphatic carbocycles. The third-order valence-corrected chi connectivity index (χ3v) is 8.34. The van der Waals surface area contributed by atoms with Crippen molar-refractivity contribution in [2.24, 2.45) is 5.41 Å². The van der Waals surface area contributed by atoms with Crippen molar-refractivity contribution in [2.75, 3.05) is 0 Å². The van der Waals surface area contributed by atoms with Crippen molar-refractivity contribution in [1.82, 2.24) is 29.9 Å². The van der Waals surface area contributed by atoms with Gasteiger partial charge in [-0.1, -0.05) is 19.9 Å². The Labute approximate surface area is 219 Å². The molecule has 2 bridgehead atoms. The summed E-state index contributed by atoms with van der Waals surface area (Å²) in [6.45, 7) is 3.45. The minimum atomic E-state index is -4.76. The molecule has 0 spiro atoms. The highest BCUT2D eigenvalue weighted by molar-refractivity contribution is 5.64. The Balaban J connectivity index is 1.40. The molecule has 1 saturated carbocycles. The molecule has 0 amide bonds. The van der Waals surface area contributed by atoms with Crippen LogP contribution in [0.5, 0.6) is 0 Å². The zero-order valence-electron chi connectivity index (χ0n) is 20.9. The number of alkyl halides is 3. The summed E-state index contributed by atoms with van der Waals surface area (Å²) < 4.78 is 68.3. The average Bonchev–Trinajstić information content (AvgIpc) is 3.51. The molecule has 7 nitrogen and oxygen atoms in total. The molecule has 12 heteroatoms. The molecule has 0 saturated heterocycles. The summed E-state index contributed by atoms with van der Waals surface area (Å²) in [5, 5.41) is 22.0. The third-order valence-electron chi connectivity index (χ3n) is 8.34. The monoisotopic (exact) mass is 542 g/mol. The first-order valence-electron chi connectivity index (χ1n) is 12.4. The second-order valence-corrected chi connectivity index (χ2v) is 10.6. The molecule has 39 heavy (non-hydrogen) atoms. The zero-order valence-corrected chi connectivity index (χ0v) is 20.9. The van der Waals surface area contributed by atoms with E-state index >= 15 is 0 Å². The van der Waals surface area contributed by atoms with Crippen LogP contribution in [0.25, 0.3) is 22.5 Å². The number of benzene rings is 1. The maximum Gasteiger partial charge on any atom is 0.416 e. The molecule has 2 aliphatic rings. The molecule has 1 N–H and O–H groups in total. The summed E-state index contributed by atoms with van der Waals surface area (Å²) in [7, 11) is 0. The van der Waals surface area contributed by atoms with E-state index in [9.17, 15) is 27.1 Å². The summed E-state index contributed by atoms with van der Waals surface area (Å²) in [6.07, 6.45) is 0.0761. The molecule has 202 valence electrons. The van der Waals surface area contributed by atoms with Crippen LogP contribution in [0.4, 0.5) is 22.0 Å². The van der Waals surface area contributed by atoms with E-state index in [1.54, 1.807) is 12.3 Å². The number of hydrogen-bond acceptors (Lipinski definition) is 6. The van der Waals surface area contributed by atoms with Crippen molar-refractivity contribution in [3.63, 3.8) is 0 Å². The molecule has 1 fully saturated rings. The summed E-state index contributed by atoms with van der Waals surface area (Å²) in [4.78, 5) is 9.23. The number of halogens is 5. The first-order valence-corrected chi connectivity index (χ1v) is 12.4. The van der Waals surface area contributed by atoms with Crippen molar-refractivity contribution >= 4 is 0 Å². The number of hydrogen-bond donors (Lipinski definition) is 1. The number of aromatic nitrogens is 6.